The summed E-state index contributed by atoms with van der Waals surface area (Å²) in [6, 6.07) is 8.39. The van der Waals surface area contributed by atoms with Gasteiger partial charge < -0.3 is 15.1 Å². The van der Waals surface area contributed by atoms with Gasteiger partial charge in [-0.2, -0.15) is 5.26 Å². The van der Waals surface area contributed by atoms with Gasteiger partial charge in [-0.05, 0) is 25.0 Å². The maximum absolute atomic E-state index is 12.3. The van der Waals surface area contributed by atoms with E-state index in [1.165, 1.54) is 9.80 Å². The second kappa shape index (κ2) is 7.39. The van der Waals surface area contributed by atoms with Gasteiger partial charge in [0.2, 0.25) is 0 Å². The fourth-order valence-corrected chi connectivity index (χ4v) is 3.05. The first-order valence-corrected chi connectivity index (χ1v) is 7.95. The number of nitrogens with zero attached hydrogens (tertiary/aromatic N) is 1. The first-order valence-electron chi connectivity index (χ1n) is 7.95. The lowest BCUT2D eigenvalue weighted by Gasteiger charge is -2.30. The number of hydrogen-bond acceptors (Lipinski definition) is 2. The predicted octanol–water partition coefficient (Wildman–Crippen LogP) is -1.06. The summed E-state index contributed by atoms with van der Waals surface area (Å²) < 4.78 is 0. The Kier molecular flexibility index (Phi) is 5.53. The third-order valence-electron chi connectivity index (χ3n) is 4.56. The van der Waals surface area contributed by atoms with Crippen molar-refractivity contribution in [3.63, 3.8) is 0 Å². The van der Waals surface area contributed by atoms with Crippen LogP contribution in [0.5, 0.6) is 0 Å². The SMILES string of the molecule is Cc1cccc(C)c1NC(=O)C[NH+]1CC[NH+]([C@@H](C)C#N)CC1. The number of quaternary nitrogens is 2. The fraction of sp³-hybridized carbons (Fsp3) is 0.529. The summed E-state index contributed by atoms with van der Waals surface area (Å²) in [6.45, 7) is 10.3. The van der Waals surface area contributed by atoms with Crippen LogP contribution in [0, 0.1) is 25.2 Å². The third-order valence-corrected chi connectivity index (χ3v) is 4.56. The first-order chi connectivity index (χ1) is 10.5. The largest absolute Gasteiger partial charge is 0.321 e. The van der Waals surface area contributed by atoms with Crippen LogP contribution in [0.2, 0.25) is 0 Å². The van der Waals surface area contributed by atoms with Crippen molar-refractivity contribution < 1.29 is 14.6 Å². The Morgan fingerprint density at radius 2 is 1.86 bits per heavy atom. The Morgan fingerprint density at radius 1 is 1.27 bits per heavy atom. The van der Waals surface area contributed by atoms with E-state index in [0.29, 0.717) is 6.54 Å². The molecule has 1 atom stereocenters. The molecule has 0 spiro atoms. The maximum Gasteiger partial charge on any atom is 0.279 e. The summed E-state index contributed by atoms with van der Waals surface area (Å²) in [6.07, 6.45) is 0. The van der Waals surface area contributed by atoms with E-state index in [1.54, 1.807) is 0 Å². The summed E-state index contributed by atoms with van der Waals surface area (Å²) in [4.78, 5) is 14.9. The normalized spacial score (nSPS) is 22.6. The van der Waals surface area contributed by atoms with E-state index >= 15 is 0 Å². The van der Waals surface area contributed by atoms with Crippen molar-refractivity contribution in [2.24, 2.45) is 0 Å². The van der Waals surface area contributed by atoms with Crippen LogP contribution < -0.4 is 15.1 Å². The molecule has 0 aliphatic carbocycles. The standard InChI is InChI=1S/C17H24N4O/c1-13-5-4-6-14(2)17(13)19-16(22)12-20-7-9-21(10-8-20)15(3)11-18/h4-6,15H,7-10,12H2,1-3H3,(H,19,22)/p+2/t15-/m0/s1. The summed E-state index contributed by atoms with van der Waals surface area (Å²) in [5.74, 6) is 0.0733. The quantitative estimate of drug-likeness (QED) is 0.664. The van der Waals surface area contributed by atoms with E-state index in [2.05, 4.69) is 11.4 Å². The number of para-hydroxylation sites is 1. The summed E-state index contributed by atoms with van der Waals surface area (Å²) in [5.41, 5.74) is 3.13. The molecule has 1 aromatic carbocycles. The molecule has 2 rings (SSSR count). The van der Waals surface area contributed by atoms with E-state index < -0.39 is 0 Å². The second-order valence-electron chi connectivity index (χ2n) is 6.25. The van der Waals surface area contributed by atoms with Crippen molar-refractivity contribution in [2.45, 2.75) is 26.8 Å². The molecule has 1 amide bonds. The van der Waals surface area contributed by atoms with Crippen LogP contribution in [0.4, 0.5) is 5.69 Å². The Balaban J connectivity index is 1.85. The van der Waals surface area contributed by atoms with Gasteiger partial charge in [0.05, 0.1) is 0 Å². The van der Waals surface area contributed by atoms with Crippen LogP contribution in [0.15, 0.2) is 18.2 Å². The van der Waals surface area contributed by atoms with E-state index in [0.717, 1.165) is 43.0 Å². The van der Waals surface area contributed by atoms with Gasteiger partial charge in [0, 0.05) is 12.6 Å². The van der Waals surface area contributed by atoms with Gasteiger partial charge in [0.1, 0.15) is 32.2 Å². The number of carbonyl (C=O) groups excluding carboxylic acids is 1. The molecule has 1 aromatic rings. The van der Waals surface area contributed by atoms with Crippen molar-refractivity contribution in [1.29, 1.82) is 5.26 Å². The highest BCUT2D eigenvalue weighted by molar-refractivity contribution is 5.93. The molecule has 0 bridgehead atoms. The average Bonchev–Trinajstić information content (AvgIpc) is 2.51. The second-order valence-corrected chi connectivity index (χ2v) is 6.25. The highest BCUT2D eigenvalue weighted by Gasteiger charge is 2.28. The first kappa shape index (κ1) is 16.5. The average molecular weight is 302 g/mol. The number of anilines is 1. The molecule has 1 aliphatic heterocycles. The Labute approximate surface area is 132 Å². The number of hydrogen-bond donors (Lipinski definition) is 3. The van der Waals surface area contributed by atoms with Crippen molar-refractivity contribution in [3.05, 3.63) is 29.3 Å². The Morgan fingerprint density at radius 3 is 2.41 bits per heavy atom. The van der Waals surface area contributed by atoms with Gasteiger partial charge in [-0.3, -0.25) is 4.79 Å². The summed E-state index contributed by atoms with van der Waals surface area (Å²) in [7, 11) is 0. The number of benzene rings is 1. The lowest BCUT2D eigenvalue weighted by Crippen LogP contribution is -3.29. The van der Waals surface area contributed by atoms with Crippen LogP contribution in [-0.2, 0) is 4.79 Å². The lowest BCUT2D eigenvalue weighted by molar-refractivity contribution is -1.02. The molecule has 1 saturated heterocycles. The molecule has 118 valence electrons. The van der Waals surface area contributed by atoms with Crippen molar-refractivity contribution >= 4 is 11.6 Å². The molecule has 1 aliphatic rings. The predicted molar refractivity (Wildman–Crippen MR) is 85.9 cm³/mol. The molecule has 0 radical (unpaired) electrons. The van der Waals surface area contributed by atoms with Crippen LogP contribution in [-0.4, -0.2) is 44.7 Å². The smallest absolute Gasteiger partial charge is 0.279 e. The molecule has 1 heterocycles. The third kappa shape index (κ3) is 4.06. The lowest BCUT2D eigenvalue weighted by atomic mass is 10.1. The zero-order valence-corrected chi connectivity index (χ0v) is 13.7. The van der Waals surface area contributed by atoms with Gasteiger partial charge >= 0.3 is 0 Å². The Bertz CT molecular complexity index is 550. The van der Waals surface area contributed by atoms with E-state index in [4.69, 9.17) is 5.26 Å². The Hall–Kier alpha value is -1.90. The van der Waals surface area contributed by atoms with Gasteiger partial charge in [0.15, 0.2) is 12.6 Å². The molecule has 3 N–H and O–H groups in total. The molecule has 5 nitrogen and oxygen atoms in total. The molecule has 0 saturated carbocycles. The minimum atomic E-state index is 0.0463. The molecule has 5 heteroatoms. The van der Waals surface area contributed by atoms with Crippen LogP contribution in [0.1, 0.15) is 18.1 Å². The molecule has 22 heavy (non-hydrogen) atoms. The van der Waals surface area contributed by atoms with Crippen LogP contribution in [0.25, 0.3) is 0 Å². The zero-order valence-electron chi connectivity index (χ0n) is 13.7. The number of piperazine rings is 1. The molecular weight excluding hydrogens is 276 g/mol. The maximum atomic E-state index is 12.3. The number of aryl methyl sites for hydroxylation is 2. The van der Waals surface area contributed by atoms with E-state index in [-0.39, 0.29) is 11.9 Å². The highest BCUT2D eigenvalue weighted by atomic mass is 16.2. The topological polar surface area (TPSA) is 61.8 Å². The zero-order chi connectivity index (χ0) is 16.1. The van der Waals surface area contributed by atoms with Crippen LogP contribution >= 0.6 is 0 Å². The van der Waals surface area contributed by atoms with Gasteiger partial charge in [-0.15, -0.1) is 0 Å². The van der Waals surface area contributed by atoms with Crippen LogP contribution in [0.3, 0.4) is 0 Å². The van der Waals surface area contributed by atoms with Crippen molar-refractivity contribution in [1.82, 2.24) is 0 Å². The van der Waals surface area contributed by atoms with Gasteiger partial charge in [-0.25, -0.2) is 0 Å². The molecule has 0 unspecified atom stereocenters. The highest BCUT2D eigenvalue weighted by Crippen LogP contribution is 2.18. The number of amides is 1. The number of rotatable bonds is 4. The molecular formula is C17H26N4O+2. The summed E-state index contributed by atoms with van der Waals surface area (Å²) in [5, 5.41) is 12.0. The minimum absolute atomic E-state index is 0.0463. The molecule has 1 fully saturated rings. The number of nitriles is 1. The van der Waals surface area contributed by atoms with E-state index in [1.807, 2.05) is 39.0 Å². The number of nitrogens with one attached hydrogen (secondary N) is 3. The number of carbonyl (C=O) groups is 1. The monoisotopic (exact) mass is 302 g/mol. The van der Waals surface area contributed by atoms with Crippen molar-refractivity contribution in [3.8, 4) is 6.07 Å². The van der Waals surface area contributed by atoms with Gasteiger partial charge in [0.25, 0.3) is 5.91 Å². The minimum Gasteiger partial charge on any atom is -0.321 e. The summed E-state index contributed by atoms with van der Waals surface area (Å²) >= 11 is 0. The van der Waals surface area contributed by atoms with Gasteiger partial charge in [-0.1, -0.05) is 18.2 Å². The van der Waals surface area contributed by atoms with Crippen molar-refractivity contribution in [2.75, 3.05) is 38.0 Å². The van der Waals surface area contributed by atoms with E-state index in [9.17, 15) is 4.79 Å². The molecule has 0 aromatic heterocycles. The fourth-order valence-electron chi connectivity index (χ4n) is 3.05.